The van der Waals surface area contributed by atoms with Gasteiger partial charge < -0.3 is 10.1 Å². The van der Waals surface area contributed by atoms with E-state index in [1.54, 1.807) is 36.0 Å². The molecule has 4 aromatic rings. The SMILES string of the molecule is COc1cccc(-c2nc(Nc3ccncc3C=O)c3cccn3n2)n1. The van der Waals surface area contributed by atoms with E-state index < -0.39 is 0 Å². The molecule has 128 valence electrons. The standard InChI is InChI=1S/C18H14N6O2/c1-26-16-6-2-4-14(20-16)17-22-18(15-5-3-9-24(15)23-17)21-13-7-8-19-10-12(13)11-25/h2-11H,1H3,(H,19,21,22,23). The first-order valence-corrected chi connectivity index (χ1v) is 7.81. The molecule has 0 unspecified atom stereocenters. The Kier molecular flexibility index (Phi) is 3.98. The highest BCUT2D eigenvalue weighted by molar-refractivity contribution is 5.87. The number of pyridine rings is 2. The zero-order chi connectivity index (χ0) is 17.9. The van der Waals surface area contributed by atoms with E-state index in [0.717, 1.165) is 11.8 Å². The van der Waals surface area contributed by atoms with Gasteiger partial charge in [-0.2, -0.15) is 0 Å². The second-order valence-electron chi connectivity index (χ2n) is 5.39. The maximum Gasteiger partial charge on any atom is 0.213 e. The fourth-order valence-electron chi connectivity index (χ4n) is 2.53. The van der Waals surface area contributed by atoms with Crippen molar-refractivity contribution in [3.05, 3.63) is 60.6 Å². The van der Waals surface area contributed by atoms with Gasteiger partial charge in [-0.25, -0.2) is 14.5 Å². The van der Waals surface area contributed by atoms with Crippen LogP contribution < -0.4 is 10.1 Å². The van der Waals surface area contributed by atoms with Crippen molar-refractivity contribution in [1.82, 2.24) is 24.6 Å². The average Bonchev–Trinajstić information content (AvgIpc) is 3.17. The number of hydrogen-bond donors (Lipinski definition) is 1. The zero-order valence-electron chi connectivity index (χ0n) is 13.8. The third kappa shape index (κ3) is 2.84. The van der Waals surface area contributed by atoms with Gasteiger partial charge in [0.25, 0.3) is 0 Å². The normalized spacial score (nSPS) is 10.7. The molecule has 0 aromatic carbocycles. The van der Waals surface area contributed by atoms with Crippen LogP contribution in [0.25, 0.3) is 17.0 Å². The molecule has 0 aliphatic carbocycles. The largest absolute Gasteiger partial charge is 0.481 e. The third-order valence-corrected chi connectivity index (χ3v) is 3.78. The first-order chi connectivity index (χ1) is 12.8. The molecule has 0 radical (unpaired) electrons. The Morgan fingerprint density at radius 3 is 2.92 bits per heavy atom. The van der Waals surface area contributed by atoms with Gasteiger partial charge in [-0.05, 0) is 24.3 Å². The lowest BCUT2D eigenvalue weighted by Crippen LogP contribution is -2.05. The summed E-state index contributed by atoms with van der Waals surface area (Å²) in [5.41, 5.74) is 2.40. The molecule has 4 aromatic heterocycles. The smallest absolute Gasteiger partial charge is 0.213 e. The first-order valence-electron chi connectivity index (χ1n) is 7.81. The quantitative estimate of drug-likeness (QED) is 0.555. The van der Waals surface area contributed by atoms with E-state index in [0.29, 0.717) is 34.5 Å². The molecule has 8 nitrogen and oxygen atoms in total. The number of rotatable bonds is 5. The summed E-state index contributed by atoms with van der Waals surface area (Å²) in [6.07, 6.45) is 5.67. The van der Waals surface area contributed by atoms with Crippen LogP contribution in [-0.2, 0) is 0 Å². The van der Waals surface area contributed by atoms with Crippen LogP contribution in [0.2, 0.25) is 0 Å². The molecule has 0 spiro atoms. The number of aromatic nitrogens is 5. The Morgan fingerprint density at radius 2 is 2.08 bits per heavy atom. The molecule has 0 amide bonds. The Morgan fingerprint density at radius 1 is 1.15 bits per heavy atom. The number of nitrogens with one attached hydrogen (secondary N) is 1. The minimum atomic E-state index is 0.428. The van der Waals surface area contributed by atoms with Gasteiger partial charge in [0.1, 0.15) is 11.2 Å². The van der Waals surface area contributed by atoms with Crippen LogP contribution in [-0.4, -0.2) is 38.0 Å². The van der Waals surface area contributed by atoms with Gasteiger partial charge in [-0.3, -0.25) is 9.78 Å². The highest BCUT2D eigenvalue weighted by Crippen LogP contribution is 2.24. The van der Waals surface area contributed by atoms with Crippen molar-refractivity contribution >= 4 is 23.3 Å². The zero-order valence-corrected chi connectivity index (χ0v) is 13.8. The number of fused-ring (bicyclic) bond motifs is 1. The van der Waals surface area contributed by atoms with Crippen LogP contribution in [0.5, 0.6) is 5.88 Å². The van der Waals surface area contributed by atoms with Gasteiger partial charge in [0.15, 0.2) is 12.1 Å². The molecule has 8 heteroatoms. The summed E-state index contributed by atoms with van der Waals surface area (Å²) < 4.78 is 6.87. The summed E-state index contributed by atoms with van der Waals surface area (Å²) in [6, 6.07) is 10.8. The van der Waals surface area contributed by atoms with Crippen LogP contribution in [0.4, 0.5) is 11.5 Å². The first kappa shape index (κ1) is 15.7. The molecule has 26 heavy (non-hydrogen) atoms. The number of carbonyl (C=O) groups is 1. The fourth-order valence-corrected chi connectivity index (χ4v) is 2.53. The van der Waals surface area contributed by atoms with Gasteiger partial charge in [0, 0.05) is 24.7 Å². The lowest BCUT2D eigenvalue weighted by molar-refractivity contribution is 0.112. The second kappa shape index (κ2) is 6.60. The Hall–Kier alpha value is -3.81. The Labute approximate surface area is 148 Å². The van der Waals surface area contributed by atoms with Gasteiger partial charge in [-0.1, -0.05) is 6.07 Å². The topological polar surface area (TPSA) is 94.3 Å². The van der Waals surface area contributed by atoms with Crippen molar-refractivity contribution in [3.63, 3.8) is 0 Å². The maximum atomic E-state index is 11.2. The highest BCUT2D eigenvalue weighted by Gasteiger charge is 2.12. The van der Waals surface area contributed by atoms with Crippen LogP contribution in [0.1, 0.15) is 10.4 Å². The second-order valence-corrected chi connectivity index (χ2v) is 5.39. The minimum Gasteiger partial charge on any atom is -0.481 e. The maximum absolute atomic E-state index is 11.2. The Balaban J connectivity index is 1.83. The van der Waals surface area contributed by atoms with Crippen molar-refractivity contribution in [2.75, 3.05) is 12.4 Å². The van der Waals surface area contributed by atoms with Crippen molar-refractivity contribution < 1.29 is 9.53 Å². The van der Waals surface area contributed by atoms with Crippen LogP contribution >= 0.6 is 0 Å². The summed E-state index contributed by atoms with van der Waals surface area (Å²) in [4.78, 5) is 24.2. The highest BCUT2D eigenvalue weighted by atomic mass is 16.5. The van der Waals surface area contributed by atoms with Gasteiger partial charge in [0.05, 0.1) is 18.4 Å². The molecular weight excluding hydrogens is 332 g/mol. The van der Waals surface area contributed by atoms with E-state index >= 15 is 0 Å². The summed E-state index contributed by atoms with van der Waals surface area (Å²) in [7, 11) is 1.56. The predicted octanol–water partition coefficient (Wildman–Crippen LogP) is 2.75. The molecule has 0 bridgehead atoms. The molecule has 4 rings (SSSR count). The molecule has 0 aliphatic rings. The van der Waals surface area contributed by atoms with Gasteiger partial charge in [0.2, 0.25) is 11.7 Å². The molecule has 0 fully saturated rings. The van der Waals surface area contributed by atoms with E-state index in [1.165, 1.54) is 6.20 Å². The van der Waals surface area contributed by atoms with E-state index in [2.05, 4.69) is 25.4 Å². The van der Waals surface area contributed by atoms with Crippen molar-refractivity contribution in [2.24, 2.45) is 0 Å². The molecule has 0 atom stereocenters. The van der Waals surface area contributed by atoms with E-state index in [-0.39, 0.29) is 0 Å². The minimum absolute atomic E-state index is 0.428. The third-order valence-electron chi connectivity index (χ3n) is 3.78. The van der Waals surface area contributed by atoms with Crippen molar-refractivity contribution in [3.8, 4) is 17.4 Å². The number of aldehydes is 1. The van der Waals surface area contributed by atoms with Crippen molar-refractivity contribution in [1.29, 1.82) is 0 Å². The van der Waals surface area contributed by atoms with E-state index in [4.69, 9.17) is 4.74 Å². The van der Waals surface area contributed by atoms with E-state index in [1.807, 2.05) is 24.4 Å². The molecular formula is C18H14N6O2. The summed E-state index contributed by atoms with van der Waals surface area (Å²) in [6.45, 7) is 0. The van der Waals surface area contributed by atoms with Crippen molar-refractivity contribution in [2.45, 2.75) is 0 Å². The number of hydrogen-bond acceptors (Lipinski definition) is 7. The molecule has 0 saturated carbocycles. The molecule has 4 heterocycles. The summed E-state index contributed by atoms with van der Waals surface area (Å²) in [5, 5.41) is 7.68. The number of anilines is 2. The number of ether oxygens (including phenoxy) is 1. The number of carbonyl (C=O) groups excluding carboxylic acids is 1. The van der Waals surface area contributed by atoms with Crippen LogP contribution in [0.3, 0.4) is 0 Å². The van der Waals surface area contributed by atoms with Crippen LogP contribution in [0, 0.1) is 0 Å². The van der Waals surface area contributed by atoms with E-state index in [9.17, 15) is 4.79 Å². The predicted molar refractivity (Wildman–Crippen MR) is 95.7 cm³/mol. The monoisotopic (exact) mass is 346 g/mol. The molecule has 1 N–H and O–H groups in total. The van der Waals surface area contributed by atoms with Crippen LogP contribution in [0.15, 0.2) is 55.0 Å². The summed E-state index contributed by atoms with van der Waals surface area (Å²) in [5.74, 6) is 1.46. The van der Waals surface area contributed by atoms with Gasteiger partial charge in [-0.15, -0.1) is 5.10 Å². The average molecular weight is 346 g/mol. The fraction of sp³-hybridized carbons (Fsp3) is 0.0556. The number of nitrogens with zero attached hydrogens (tertiary/aromatic N) is 5. The lowest BCUT2D eigenvalue weighted by Gasteiger charge is -2.11. The lowest BCUT2D eigenvalue weighted by atomic mass is 10.2. The molecule has 0 aliphatic heterocycles. The number of methoxy groups -OCH3 is 1. The van der Waals surface area contributed by atoms with Gasteiger partial charge >= 0.3 is 0 Å². The summed E-state index contributed by atoms with van der Waals surface area (Å²) >= 11 is 0. The molecule has 0 saturated heterocycles. The Bertz CT molecular complexity index is 1090.